The van der Waals surface area contributed by atoms with Crippen molar-refractivity contribution in [2.75, 3.05) is 13.2 Å². The lowest BCUT2D eigenvalue weighted by Gasteiger charge is -2.14. The maximum Gasteiger partial charge on any atom is 0.593 e. The summed E-state index contributed by atoms with van der Waals surface area (Å²) >= 11 is -3.74. The molecule has 11 heteroatoms. The topological polar surface area (TPSA) is 91.0 Å². The minimum atomic E-state index is -5.20. The smallest absolute Gasteiger partial charge is 0.590 e. The molecule has 2 aromatic rings. The van der Waals surface area contributed by atoms with Crippen LogP contribution in [-0.2, 0) is 26.1 Å². The molecule has 0 bridgehead atoms. The number of ether oxygens (including phenoxy) is 2. The van der Waals surface area contributed by atoms with Gasteiger partial charge < -0.3 is 14.0 Å². The average Bonchev–Trinajstić information content (AvgIpc) is 3.35. The second-order valence-corrected chi connectivity index (χ2v) is 8.29. The van der Waals surface area contributed by atoms with Crippen molar-refractivity contribution >= 4 is 32.2 Å². The first-order valence-electron chi connectivity index (χ1n) is 6.96. The number of alkyl halides is 3. The highest BCUT2D eigenvalue weighted by molar-refractivity contribution is 8.05. The van der Waals surface area contributed by atoms with Gasteiger partial charge in [0.15, 0.2) is 11.4 Å². The van der Waals surface area contributed by atoms with Gasteiger partial charge in [-0.2, -0.15) is 0 Å². The highest BCUT2D eigenvalue weighted by Crippen LogP contribution is 2.32. The first-order chi connectivity index (χ1) is 11.7. The third-order valence-corrected chi connectivity index (χ3v) is 6.19. The Kier molecular flexibility index (Phi) is 4.86. The third kappa shape index (κ3) is 4.18. The van der Waals surface area contributed by atoms with E-state index in [4.69, 9.17) is 9.47 Å². The number of nitrogens with one attached hydrogen (secondary N) is 1. The van der Waals surface area contributed by atoms with E-state index < -0.39 is 31.8 Å². The predicted molar refractivity (Wildman–Crippen MR) is 83.7 cm³/mol. The Morgan fingerprint density at radius 1 is 1.24 bits per heavy atom. The van der Waals surface area contributed by atoms with Crippen LogP contribution in [0.4, 0.5) is 13.2 Å². The Morgan fingerprint density at radius 2 is 1.88 bits per heavy atom. The number of hydrogen-bond acceptors (Lipinski definition) is 5. The molecule has 1 aliphatic rings. The maximum atomic E-state index is 12.4. The predicted octanol–water partition coefficient (Wildman–Crippen LogP) is 2.08. The van der Waals surface area contributed by atoms with Gasteiger partial charge in [0, 0.05) is 10.8 Å². The van der Waals surface area contributed by atoms with E-state index >= 15 is 0 Å². The summed E-state index contributed by atoms with van der Waals surface area (Å²) in [6.07, 6.45) is -0.0157. The standard InChI is InChI=1S/C14H12F3NO5S2/c15-14(16,17)24(19)18-25(20,21)13-6-2-3-10-11(13)4-1-5-12(10)23-8-9-7-22-9/h1-6,9,18H,7-8H2. The second kappa shape index (κ2) is 6.65. The number of benzene rings is 2. The van der Waals surface area contributed by atoms with Gasteiger partial charge in [0.25, 0.3) is 10.0 Å². The lowest BCUT2D eigenvalue weighted by molar-refractivity contribution is -0.0440. The van der Waals surface area contributed by atoms with E-state index in [1.54, 1.807) is 12.1 Å². The van der Waals surface area contributed by atoms with Crippen molar-refractivity contribution in [1.82, 2.24) is 4.13 Å². The Labute approximate surface area is 144 Å². The van der Waals surface area contributed by atoms with E-state index in [0.29, 0.717) is 17.7 Å². The molecule has 2 unspecified atom stereocenters. The molecular weight excluding hydrogens is 383 g/mol. The summed E-state index contributed by atoms with van der Waals surface area (Å²) in [5.41, 5.74) is -5.20. The molecule has 2 atom stereocenters. The van der Waals surface area contributed by atoms with Gasteiger partial charge in [-0.15, -0.1) is 13.2 Å². The number of fused-ring (bicyclic) bond motifs is 1. The van der Waals surface area contributed by atoms with Gasteiger partial charge in [0.2, 0.25) is 0 Å². The van der Waals surface area contributed by atoms with Gasteiger partial charge in [0.1, 0.15) is 18.5 Å². The molecule has 1 heterocycles. The average molecular weight is 395 g/mol. The quantitative estimate of drug-likeness (QED) is 0.597. The molecule has 0 aliphatic carbocycles. The van der Waals surface area contributed by atoms with Crippen LogP contribution in [0.3, 0.4) is 0 Å². The fourth-order valence-corrected chi connectivity index (χ4v) is 4.41. The van der Waals surface area contributed by atoms with Crippen LogP contribution in [0.2, 0.25) is 0 Å². The van der Waals surface area contributed by atoms with Crippen LogP contribution in [0.25, 0.3) is 10.8 Å². The molecule has 136 valence electrons. The van der Waals surface area contributed by atoms with Gasteiger partial charge in [-0.25, -0.2) is 8.42 Å². The molecule has 0 aromatic heterocycles. The summed E-state index contributed by atoms with van der Waals surface area (Å²) in [6, 6.07) is 8.65. The third-order valence-electron chi connectivity index (χ3n) is 3.35. The highest BCUT2D eigenvalue weighted by atomic mass is 32.3. The maximum absolute atomic E-state index is 12.4. The molecule has 0 amide bonds. The SMILES string of the molecule is O=S(=O)(N[S+]([O-])C(F)(F)F)c1cccc2c(OCC3CO3)cccc12. The normalized spacial score (nSPS) is 19.0. The first kappa shape index (κ1) is 18.3. The largest absolute Gasteiger partial charge is 0.593 e. The van der Waals surface area contributed by atoms with Crippen molar-refractivity contribution in [3.8, 4) is 5.75 Å². The number of epoxide rings is 1. The molecule has 0 saturated carbocycles. The number of rotatable bonds is 6. The van der Waals surface area contributed by atoms with E-state index in [1.807, 2.05) is 0 Å². The number of halogens is 3. The van der Waals surface area contributed by atoms with Gasteiger partial charge in [0.05, 0.1) is 11.5 Å². The van der Waals surface area contributed by atoms with Crippen molar-refractivity contribution in [2.24, 2.45) is 0 Å². The molecule has 2 aromatic carbocycles. The van der Waals surface area contributed by atoms with Gasteiger partial charge >= 0.3 is 5.51 Å². The molecule has 0 radical (unpaired) electrons. The van der Waals surface area contributed by atoms with E-state index in [0.717, 1.165) is 10.2 Å². The molecule has 1 saturated heterocycles. The van der Waals surface area contributed by atoms with Gasteiger partial charge in [-0.05, 0) is 16.3 Å². The summed E-state index contributed by atoms with van der Waals surface area (Å²) in [6.45, 7) is 0.865. The second-order valence-electron chi connectivity index (χ2n) is 5.18. The van der Waals surface area contributed by atoms with Crippen molar-refractivity contribution in [2.45, 2.75) is 16.5 Å². The Hall–Kier alpha value is -1.53. The molecule has 1 fully saturated rings. The van der Waals surface area contributed by atoms with Crippen LogP contribution in [0.15, 0.2) is 41.3 Å². The number of hydrogen-bond donors (Lipinski definition) is 1. The lowest BCUT2D eigenvalue weighted by atomic mass is 10.1. The minimum absolute atomic E-state index is 0.0157. The fourth-order valence-electron chi connectivity index (χ4n) is 2.15. The Balaban J connectivity index is 1.97. The van der Waals surface area contributed by atoms with Crippen molar-refractivity contribution in [1.29, 1.82) is 0 Å². The van der Waals surface area contributed by atoms with Crippen LogP contribution in [0.1, 0.15) is 0 Å². The monoisotopic (exact) mass is 395 g/mol. The molecular formula is C14H12F3NO5S2. The van der Waals surface area contributed by atoms with Crippen molar-refractivity contribution < 1.29 is 35.6 Å². The zero-order valence-corrected chi connectivity index (χ0v) is 14.1. The van der Waals surface area contributed by atoms with Crippen LogP contribution in [-0.4, -0.2) is 37.8 Å². The fraction of sp³-hybridized carbons (Fsp3) is 0.286. The number of sulfonamides is 1. The molecule has 1 N–H and O–H groups in total. The van der Waals surface area contributed by atoms with Crippen LogP contribution in [0, 0.1) is 0 Å². The van der Waals surface area contributed by atoms with E-state index in [-0.39, 0.29) is 18.1 Å². The van der Waals surface area contributed by atoms with Crippen LogP contribution < -0.4 is 8.86 Å². The first-order valence-corrected chi connectivity index (χ1v) is 9.59. The summed E-state index contributed by atoms with van der Waals surface area (Å²) < 4.78 is 84.5. The summed E-state index contributed by atoms with van der Waals surface area (Å²) in [5, 5.41) is 0.562. The molecule has 25 heavy (non-hydrogen) atoms. The van der Waals surface area contributed by atoms with Gasteiger partial charge in [-0.1, -0.05) is 24.3 Å². The van der Waals surface area contributed by atoms with Crippen LogP contribution in [0.5, 0.6) is 5.75 Å². The Morgan fingerprint density at radius 3 is 2.52 bits per heavy atom. The van der Waals surface area contributed by atoms with Crippen molar-refractivity contribution in [3.63, 3.8) is 0 Å². The zero-order chi connectivity index (χ0) is 18.2. The van der Waals surface area contributed by atoms with Crippen molar-refractivity contribution in [3.05, 3.63) is 36.4 Å². The molecule has 0 spiro atoms. The highest BCUT2D eigenvalue weighted by Gasteiger charge is 2.48. The summed E-state index contributed by atoms with van der Waals surface area (Å²) in [5.74, 6) is 0.377. The summed E-state index contributed by atoms with van der Waals surface area (Å²) in [7, 11) is -4.66. The molecule has 6 nitrogen and oxygen atoms in total. The summed E-state index contributed by atoms with van der Waals surface area (Å²) in [4.78, 5) is -0.421. The minimum Gasteiger partial charge on any atom is -0.590 e. The van der Waals surface area contributed by atoms with Crippen LogP contribution >= 0.6 is 0 Å². The Bertz CT molecular complexity index is 884. The lowest BCUT2D eigenvalue weighted by Crippen LogP contribution is -2.40. The molecule has 3 rings (SSSR count). The zero-order valence-electron chi connectivity index (χ0n) is 12.4. The van der Waals surface area contributed by atoms with E-state index in [2.05, 4.69) is 0 Å². The molecule has 1 aliphatic heterocycles. The van der Waals surface area contributed by atoms with E-state index in [1.165, 1.54) is 18.2 Å². The van der Waals surface area contributed by atoms with E-state index in [9.17, 15) is 26.1 Å². The van der Waals surface area contributed by atoms with Gasteiger partial charge in [-0.3, -0.25) is 0 Å².